The number of ketones is 1. The van der Waals surface area contributed by atoms with Crippen LogP contribution in [0.2, 0.25) is 0 Å². The highest BCUT2D eigenvalue weighted by Gasteiger charge is 2.59. The topological polar surface area (TPSA) is 43.4 Å². The molecule has 0 spiro atoms. The zero-order valence-electron chi connectivity index (χ0n) is 11.7. The Morgan fingerprint density at radius 2 is 2.05 bits per heavy atom. The molecule has 0 saturated heterocycles. The summed E-state index contributed by atoms with van der Waals surface area (Å²) < 4.78 is 45.0. The molecule has 1 aromatic rings. The van der Waals surface area contributed by atoms with Gasteiger partial charge in [-0.1, -0.05) is 13.8 Å². The first-order valence-corrected chi connectivity index (χ1v) is 6.57. The lowest BCUT2D eigenvalue weighted by molar-refractivity contribution is -0.161. The van der Waals surface area contributed by atoms with Crippen molar-refractivity contribution in [2.45, 2.75) is 26.7 Å². The maximum Gasteiger partial charge on any atom is 0.326 e. The number of Topliss-reactive ketones (excluding diaryl/α,β-unsaturated/α-hetero) is 1. The molecular formula is C15H15F3O3. The molecular weight excluding hydrogens is 285 g/mol. The van der Waals surface area contributed by atoms with E-state index in [0.717, 1.165) is 18.2 Å². The van der Waals surface area contributed by atoms with Crippen molar-refractivity contribution in [1.29, 1.82) is 0 Å². The molecule has 0 heterocycles. The lowest BCUT2D eigenvalue weighted by Gasteiger charge is -2.24. The molecule has 3 nitrogen and oxygen atoms in total. The van der Waals surface area contributed by atoms with E-state index in [9.17, 15) is 22.8 Å². The number of fused-ring (bicyclic) bond motifs is 1. The van der Waals surface area contributed by atoms with E-state index in [-0.39, 0.29) is 23.7 Å². The van der Waals surface area contributed by atoms with E-state index in [2.05, 4.69) is 0 Å². The first kappa shape index (κ1) is 15.5. The Balaban J connectivity index is 2.38. The fourth-order valence-electron chi connectivity index (χ4n) is 2.35. The fraction of sp³-hybridized carbons (Fsp3) is 0.467. The molecule has 21 heavy (non-hydrogen) atoms. The number of alkyl halides is 2. The van der Waals surface area contributed by atoms with Crippen LogP contribution in [-0.2, 0) is 16.0 Å². The summed E-state index contributed by atoms with van der Waals surface area (Å²) in [6.07, 6.45) is -3.74. The number of hydrogen-bond donors (Lipinski definition) is 0. The van der Waals surface area contributed by atoms with Gasteiger partial charge in [-0.15, -0.1) is 0 Å². The second-order valence-corrected chi connectivity index (χ2v) is 5.57. The number of carbonyl (C=O) groups excluding carboxylic acids is 2. The summed E-state index contributed by atoms with van der Waals surface area (Å²) in [5.41, 5.74) is -2.48. The number of carbonyl (C=O) groups is 2. The van der Waals surface area contributed by atoms with Crippen molar-refractivity contribution in [1.82, 2.24) is 0 Å². The zero-order chi connectivity index (χ0) is 15.8. The standard InChI is InChI=1S/C15H15F3O3/c1-8(2)7-21-14(20)15(13(17)18)6-9-5-10(16)3-4-11(9)12(15)19/h3-5,8,13H,6-7H2,1-2H3. The third-order valence-corrected chi connectivity index (χ3v) is 3.47. The van der Waals surface area contributed by atoms with Crippen molar-refractivity contribution in [3.8, 4) is 0 Å². The van der Waals surface area contributed by atoms with E-state index in [0.29, 0.717) is 0 Å². The van der Waals surface area contributed by atoms with Gasteiger partial charge in [0.05, 0.1) is 6.61 Å². The van der Waals surface area contributed by atoms with Gasteiger partial charge in [-0.2, -0.15) is 0 Å². The highest BCUT2D eigenvalue weighted by molar-refractivity contribution is 6.16. The van der Waals surface area contributed by atoms with Crippen LogP contribution in [0.1, 0.15) is 29.8 Å². The quantitative estimate of drug-likeness (QED) is 0.634. The van der Waals surface area contributed by atoms with Crippen LogP contribution in [0.3, 0.4) is 0 Å². The van der Waals surface area contributed by atoms with Crippen LogP contribution in [0, 0.1) is 17.2 Å². The van der Waals surface area contributed by atoms with E-state index in [1.807, 2.05) is 0 Å². The molecule has 0 fully saturated rings. The molecule has 0 bridgehead atoms. The normalized spacial score (nSPS) is 21.0. The van der Waals surface area contributed by atoms with Crippen molar-refractivity contribution in [2.75, 3.05) is 6.61 Å². The molecule has 1 aliphatic carbocycles. The second-order valence-electron chi connectivity index (χ2n) is 5.57. The summed E-state index contributed by atoms with van der Waals surface area (Å²) in [5.74, 6) is -2.92. The molecule has 6 heteroatoms. The average molecular weight is 300 g/mol. The Bertz CT molecular complexity index is 584. The summed E-state index contributed by atoms with van der Waals surface area (Å²) >= 11 is 0. The first-order chi connectivity index (χ1) is 9.79. The molecule has 0 aromatic heterocycles. The van der Waals surface area contributed by atoms with Crippen LogP contribution in [0.4, 0.5) is 13.2 Å². The first-order valence-electron chi connectivity index (χ1n) is 6.57. The molecule has 2 rings (SSSR count). The minimum atomic E-state index is -3.21. The van der Waals surface area contributed by atoms with Crippen molar-refractivity contribution in [3.05, 3.63) is 35.1 Å². The van der Waals surface area contributed by atoms with E-state index >= 15 is 0 Å². The van der Waals surface area contributed by atoms with Crippen LogP contribution in [0.15, 0.2) is 18.2 Å². The highest BCUT2D eigenvalue weighted by atomic mass is 19.3. The van der Waals surface area contributed by atoms with Crippen LogP contribution < -0.4 is 0 Å². The molecule has 1 atom stereocenters. The molecule has 1 unspecified atom stereocenters. The van der Waals surface area contributed by atoms with Gasteiger partial charge in [-0.25, -0.2) is 13.2 Å². The Kier molecular flexibility index (Phi) is 4.07. The molecule has 0 N–H and O–H groups in total. The van der Waals surface area contributed by atoms with Gasteiger partial charge >= 0.3 is 5.97 Å². The van der Waals surface area contributed by atoms with Crippen LogP contribution in [0.5, 0.6) is 0 Å². The van der Waals surface area contributed by atoms with Crippen LogP contribution in [-0.4, -0.2) is 24.8 Å². The number of ether oxygens (including phenoxy) is 1. The summed E-state index contributed by atoms with van der Waals surface area (Å²) in [5, 5.41) is 0. The summed E-state index contributed by atoms with van der Waals surface area (Å²) in [7, 11) is 0. The predicted octanol–water partition coefficient (Wildman–Crippen LogP) is 3.02. The number of rotatable bonds is 4. The Hall–Kier alpha value is -1.85. The molecule has 0 aliphatic heterocycles. The van der Waals surface area contributed by atoms with Crippen molar-refractivity contribution in [3.63, 3.8) is 0 Å². The maximum absolute atomic E-state index is 13.5. The van der Waals surface area contributed by atoms with Gasteiger partial charge in [0.1, 0.15) is 5.82 Å². The van der Waals surface area contributed by atoms with E-state index < -0.39 is 35.8 Å². The Morgan fingerprint density at radius 3 is 2.62 bits per heavy atom. The molecule has 0 saturated carbocycles. The average Bonchev–Trinajstić information content (AvgIpc) is 2.69. The zero-order valence-corrected chi connectivity index (χ0v) is 11.7. The highest BCUT2D eigenvalue weighted by Crippen LogP contribution is 2.43. The van der Waals surface area contributed by atoms with Crippen molar-refractivity contribution < 1.29 is 27.5 Å². The molecule has 0 amide bonds. The summed E-state index contributed by atoms with van der Waals surface area (Å²) in [4.78, 5) is 24.3. The SMILES string of the molecule is CC(C)COC(=O)C1(C(F)F)Cc2cc(F)ccc2C1=O. The van der Waals surface area contributed by atoms with E-state index in [4.69, 9.17) is 4.74 Å². The number of hydrogen-bond acceptors (Lipinski definition) is 3. The van der Waals surface area contributed by atoms with Crippen LogP contribution >= 0.6 is 0 Å². The number of benzene rings is 1. The third-order valence-electron chi connectivity index (χ3n) is 3.47. The van der Waals surface area contributed by atoms with Gasteiger partial charge < -0.3 is 4.74 Å². The maximum atomic E-state index is 13.5. The third kappa shape index (κ3) is 2.54. The summed E-state index contributed by atoms with van der Waals surface area (Å²) in [6, 6.07) is 3.15. The lowest BCUT2D eigenvalue weighted by Crippen LogP contribution is -2.45. The monoisotopic (exact) mass is 300 g/mol. The van der Waals surface area contributed by atoms with Gasteiger partial charge in [0.25, 0.3) is 6.43 Å². The number of halogens is 3. The summed E-state index contributed by atoms with van der Waals surface area (Å²) in [6.45, 7) is 3.46. The largest absolute Gasteiger partial charge is 0.464 e. The minimum absolute atomic E-state index is 0.0417. The van der Waals surface area contributed by atoms with E-state index in [1.54, 1.807) is 13.8 Å². The van der Waals surface area contributed by atoms with Gasteiger partial charge in [-0.3, -0.25) is 9.59 Å². The van der Waals surface area contributed by atoms with Gasteiger partial charge in [-0.05, 0) is 29.7 Å². The van der Waals surface area contributed by atoms with Crippen molar-refractivity contribution in [2.24, 2.45) is 11.3 Å². The van der Waals surface area contributed by atoms with E-state index in [1.165, 1.54) is 0 Å². The Labute approximate surface area is 120 Å². The van der Waals surface area contributed by atoms with Crippen LogP contribution in [0.25, 0.3) is 0 Å². The molecule has 1 aliphatic rings. The molecule has 1 aromatic carbocycles. The lowest BCUT2D eigenvalue weighted by atomic mass is 9.84. The van der Waals surface area contributed by atoms with Gasteiger partial charge in [0, 0.05) is 12.0 Å². The fourth-order valence-corrected chi connectivity index (χ4v) is 2.35. The smallest absolute Gasteiger partial charge is 0.326 e. The molecule has 0 radical (unpaired) electrons. The number of esters is 1. The second kappa shape index (κ2) is 5.50. The Morgan fingerprint density at radius 1 is 1.38 bits per heavy atom. The van der Waals surface area contributed by atoms with Crippen molar-refractivity contribution >= 4 is 11.8 Å². The van der Waals surface area contributed by atoms with Gasteiger partial charge in [0.15, 0.2) is 11.2 Å². The van der Waals surface area contributed by atoms with Gasteiger partial charge in [0.2, 0.25) is 0 Å². The minimum Gasteiger partial charge on any atom is -0.464 e. The molecule has 114 valence electrons. The predicted molar refractivity (Wildman–Crippen MR) is 68.7 cm³/mol.